The molecule has 128 valence electrons. The number of piperidine rings is 1. The minimum Gasteiger partial charge on any atom is -0.497 e. The summed E-state index contributed by atoms with van der Waals surface area (Å²) in [5, 5.41) is 5.27. The predicted octanol–water partition coefficient (Wildman–Crippen LogP) is 2.11. The quantitative estimate of drug-likeness (QED) is 0.837. The number of carbonyl (C=O) groups excluding carboxylic acids is 2. The van der Waals surface area contributed by atoms with Crippen LogP contribution in [-0.2, 0) is 15.0 Å². The molecule has 0 aliphatic carbocycles. The molecule has 1 heterocycles. The Morgan fingerprint density at radius 1 is 1.26 bits per heavy atom. The minimum absolute atomic E-state index is 0.0548. The standard InChI is InChI=1S/C16H21NO3.C2H7N/c1-5-16(12-7-6-8-13(9-12)20-4)11(3)10(2)14(18)17-15(16)19;1-3-2/h6-11H,5H2,1-4H3,(H,17,18,19);3H,1-2H3. The Hall–Kier alpha value is -1.88. The van der Waals surface area contributed by atoms with E-state index in [0.717, 1.165) is 11.3 Å². The van der Waals surface area contributed by atoms with Crippen molar-refractivity contribution in [3.63, 3.8) is 0 Å². The maximum absolute atomic E-state index is 12.5. The van der Waals surface area contributed by atoms with Crippen LogP contribution in [0.3, 0.4) is 0 Å². The summed E-state index contributed by atoms with van der Waals surface area (Å²) >= 11 is 0. The minimum atomic E-state index is -0.679. The second-order valence-electron chi connectivity index (χ2n) is 5.95. The van der Waals surface area contributed by atoms with Gasteiger partial charge in [0.1, 0.15) is 5.75 Å². The van der Waals surface area contributed by atoms with Crippen LogP contribution in [0.25, 0.3) is 0 Å². The third kappa shape index (κ3) is 3.55. The molecular weight excluding hydrogens is 292 g/mol. The van der Waals surface area contributed by atoms with Crippen molar-refractivity contribution in [1.29, 1.82) is 0 Å². The summed E-state index contributed by atoms with van der Waals surface area (Å²) in [6.45, 7) is 5.83. The summed E-state index contributed by atoms with van der Waals surface area (Å²) in [5.74, 6) is 0.0814. The van der Waals surface area contributed by atoms with Gasteiger partial charge in [-0.05, 0) is 44.1 Å². The van der Waals surface area contributed by atoms with Crippen LogP contribution in [0.2, 0.25) is 0 Å². The van der Waals surface area contributed by atoms with Crippen molar-refractivity contribution in [1.82, 2.24) is 10.6 Å². The van der Waals surface area contributed by atoms with E-state index in [1.165, 1.54) is 0 Å². The Morgan fingerprint density at radius 2 is 1.87 bits per heavy atom. The van der Waals surface area contributed by atoms with Crippen LogP contribution in [0.5, 0.6) is 5.75 Å². The number of methoxy groups -OCH3 is 1. The molecule has 0 bridgehead atoms. The monoisotopic (exact) mass is 320 g/mol. The predicted molar refractivity (Wildman–Crippen MR) is 91.4 cm³/mol. The lowest BCUT2D eigenvalue weighted by atomic mass is 9.62. The van der Waals surface area contributed by atoms with Crippen LogP contribution in [0.1, 0.15) is 32.8 Å². The Balaban J connectivity index is 0.000000816. The summed E-state index contributed by atoms with van der Waals surface area (Å²) in [7, 11) is 5.36. The zero-order chi connectivity index (χ0) is 17.6. The van der Waals surface area contributed by atoms with Crippen LogP contribution in [0.4, 0.5) is 0 Å². The van der Waals surface area contributed by atoms with E-state index in [1.54, 1.807) is 7.11 Å². The fraction of sp³-hybridized carbons (Fsp3) is 0.556. The van der Waals surface area contributed by atoms with Gasteiger partial charge in [-0.2, -0.15) is 0 Å². The van der Waals surface area contributed by atoms with Crippen molar-refractivity contribution in [3.05, 3.63) is 29.8 Å². The molecular formula is C18H28N2O3. The largest absolute Gasteiger partial charge is 0.497 e. The Labute approximate surface area is 138 Å². The molecule has 1 aromatic carbocycles. The van der Waals surface area contributed by atoms with Crippen LogP contribution >= 0.6 is 0 Å². The summed E-state index contributed by atoms with van der Waals surface area (Å²) < 4.78 is 5.25. The molecule has 3 atom stereocenters. The summed E-state index contributed by atoms with van der Waals surface area (Å²) in [6, 6.07) is 7.56. The lowest BCUT2D eigenvalue weighted by molar-refractivity contribution is -0.144. The van der Waals surface area contributed by atoms with Crippen LogP contribution in [0, 0.1) is 11.8 Å². The number of benzene rings is 1. The molecule has 1 aliphatic rings. The number of hydrogen-bond acceptors (Lipinski definition) is 4. The molecule has 1 aromatic rings. The van der Waals surface area contributed by atoms with E-state index in [0.29, 0.717) is 6.42 Å². The van der Waals surface area contributed by atoms with Gasteiger partial charge in [0.15, 0.2) is 0 Å². The highest BCUT2D eigenvalue weighted by Crippen LogP contribution is 2.43. The number of hydrogen-bond donors (Lipinski definition) is 2. The van der Waals surface area contributed by atoms with Crippen molar-refractivity contribution in [3.8, 4) is 5.75 Å². The first-order valence-corrected chi connectivity index (χ1v) is 7.97. The molecule has 2 N–H and O–H groups in total. The zero-order valence-corrected chi connectivity index (χ0v) is 14.9. The number of nitrogens with one attached hydrogen (secondary N) is 2. The first-order chi connectivity index (χ1) is 10.9. The molecule has 1 fully saturated rings. The SMILES string of the molecule is CCC1(c2cccc(OC)c2)C(=O)NC(=O)C(C)C1C.CNC. The van der Waals surface area contributed by atoms with Crippen LogP contribution in [0.15, 0.2) is 24.3 Å². The van der Waals surface area contributed by atoms with Crippen molar-refractivity contribution in [2.24, 2.45) is 11.8 Å². The molecule has 5 heteroatoms. The van der Waals surface area contributed by atoms with Gasteiger partial charge in [-0.15, -0.1) is 0 Å². The molecule has 23 heavy (non-hydrogen) atoms. The van der Waals surface area contributed by atoms with Gasteiger partial charge in [0.05, 0.1) is 12.5 Å². The molecule has 3 unspecified atom stereocenters. The summed E-state index contributed by atoms with van der Waals surface area (Å²) in [5.41, 5.74) is 0.228. The highest BCUT2D eigenvalue weighted by molar-refractivity contribution is 6.04. The Kier molecular flexibility index (Phi) is 6.76. The molecule has 1 saturated heterocycles. The maximum atomic E-state index is 12.5. The smallest absolute Gasteiger partial charge is 0.237 e. The molecule has 0 spiro atoms. The van der Waals surface area contributed by atoms with Crippen molar-refractivity contribution in [2.75, 3.05) is 21.2 Å². The van der Waals surface area contributed by atoms with Crippen molar-refractivity contribution < 1.29 is 14.3 Å². The van der Waals surface area contributed by atoms with E-state index in [2.05, 4.69) is 10.6 Å². The fourth-order valence-electron chi connectivity index (χ4n) is 3.18. The fourth-order valence-corrected chi connectivity index (χ4v) is 3.18. The van der Waals surface area contributed by atoms with E-state index in [9.17, 15) is 9.59 Å². The lowest BCUT2D eigenvalue weighted by Crippen LogP contribution is -2.59. The van der Waals surface area contributed by atoms with Crippen molar-refractivity contribution >= 4 is 11.8 Å². The first-order valence-electron chi connectivity index (χ1n) is 7.97. The highest BCUT2D eigenvalue weighted by Gasteiger charge is 2.51. The Bertz CT molecular complexity index is 559. The van der Waals surface area contributed by atoms with Crippen LogP contribution < -0.4 is 15.4 Å². The normalized spacial score (nSPS) is 26.9. The molecule has 0 saturated carbocycles. The molecule has 0 radical (unpaired) electrons. The molecule has 2 rings (SSSR count). The van der Waals surface area contributed by atoms with Gasteiger partial charge in [-0.25, -0.2) is 0 Å². The summed E-state index contributed by atoms with van der Waals surface area (Å²) in [6.07, 6.45) is 0.644. The van der Waals surface area contributed by atoms with E-state index >= 15 is 0 Å². The van der Waals surface area contributed by atoms with Gasteiger partial charge >= 0.3 is 0 Å². The molecule has 0 aromatic heterocycles. The number of rotatable bonds is 3. The van der Waals surface area contributed by atoms with E-state index in [1.807, 2.05) is 59.1 Å². The van der Waals surface area contributed by atoms with E-state index < -0.39 is 5.41 Å². The molecule has 1 aliphatic heterocycles. The lowest BCUT2D eigenvalue weighted by Gasteiger charge is -2.43. The van der Waals surface area contributed by atoms with Gasteiger partial charge in [-0.1, -0.05) is 32.9 Å². The second kappa shape index (κ2) is 8.11. The van der Waals surface area contributed by atoms with Gasteiger partial charge in [-0.3, -0.25) is 14.9 Å². The highest BCUT2D eigenvalue weighted by atomic mass is 16.5. The Morgan fingerprint density at radius 3 is 2.39 bits per heavy atom. The molecule has 5 nitrogen and oxygen atoms in total. The third-order valence-electron chi connectivity index (χ3n) is 4.73. The van der Waals surface area contributed by atoms with Gasteiger partial charge in [0.2, 0.25) is 11.8 Å². The summed E-state index contributed by atoms with van der Waals surface area (Å²) in [4.78, 5) is 24.4. The van der Waals surface area contributed by atoms with Crippen molar-refractivity contribution in [2.45, 2.75) is 32.6 Å². The topological polar surface area (TPSA) is 67.4 Å². The third-order valence-corrected chi connectivity index (χ3v) is 4.73. The number of imide groups is 1. The van der Waals surface area contributed by atoms with Gasteiger partial charge in [0.25, 0.3) is 0 Å². The zero-order valence-electron chi connectivity index (χ0n) is 14.9. The number of ether oxygens (including phenoxy) is 1. The van der Waals surface area contributed by atoms with Crippen LogP contribution in [-0.4, -0.2) is 33.0 Å². The van der Waals surface area contributed by atoms with E-state index in [4.69, 9.17) is 4.74 Å². The van der Waals surface area contributed by atoms with Gasteiger partial charge < -0.3 is 10.1 Å². The number of carbonyl (C=O) groups is 2. The molecule has 2 amide bonds. The number of amides is 2. The van der Waals surface area contributed by atoms with Gasteiger partial charge in [0, 0.05) is 5.92 Å². The first kappa shape index (κ1) is 19.2. The second-order valence-corrected chi connectivity index (χ2v) is 5.95. The average Bonchev–Trinajstić information content (AvgIpc) is 2.55. The van der Waals surface area contributed by atoms with E-state index in [-0.39, 0.29) is 23.7 Å². The average molecular weight is 320 g/mol. The maximum Gasteiger partial charge on any atom is 0.237 e.